The second kappa shape index (κ2) is 5.64. The summed E-state index contributed by atoms with van der Waals surface area (Å²) in [6.45, 7) is 3.40. The van der Waals surface area contributed by atoms with Crippen molar-refractivity contribution in [2.24, 2.45) is 0 Å². The molecule has 2 aromatic carbocycles. The van der Waals surface area contributed by atoms with Gasteiger partial charge in [-0.15, -0.1) is 0 Å². The van der Waals surface area contributed by atoms with Gasteiger partial charge in [0.15, 0.2) is 0 Å². The number of para-hydroxylation sites is 1. The summed E-state index contributed by atoms with van der Waals surface area (Å²) in [5, 5.41) is 0. The average molecular weight is 295 g/mol. The van der Waals surface area contributed by atoms with Crippen molar-refractivity contribution in [2.75, 3.05) is 4.90 Å². The van der Waals surface area contributed by atoms with E-state index in [1.165, 1.54) is 12.5 Å². The lowest BCUT2D eigenvalue weighted by Crippen LogP contribution is -2.35. The molecular weight excluding hydrogens is 278 g/mol. The van der Waals surface area contributed by atoms with E-state index < -0.39 is 0 Å². The highest BCUT2D eigenvalue weighted by Gasteiger charge is 2.31. The average Bonchev–Trinajstić information content (AvgIpc) is 2.82. The molecule has 0 N–H and O–H groups in total. The first-order valence-electron chi connectivity index (χ1n) is 7.26. The number of hydrogen-bond acceptors (Lipinski definition) is 3. The monoisotopic (exact) mass is 295 g/mol. The molecule has 0 saturated carbocycles. The van der Waals surface area contributed by atoms with Crippen LogP contribution in [0.15, 0.2) is 48.5 Å². The van der Waals surface area contributed by atoms with Crippen LogP contribution in [0, 0.1) is 0 Å². The molecule has 0 bridgehead atoms. The number of hydrogen-bond donors (Lipinski definition) is 0. The number of nitrogens with zero attached hydrogens (tertiary/aromatic N) is 1. The van der Waals surface area contributed by atoms with Crippen LogP contribution < -0.4 is 9.64 Å². The third kappa shape index (κ3) is 2.60. The second-order valence-electron chi connectivity index (χ2n) is 5.48. The van der Waals surface area contributed by atoms with Gasteiger partial charge in [-0.25, -0.2) is 0 Å². The number of amides is 1. The topological polar surface area (TPSA) is 46.6 Å². The fraction of sp³-hybridized carbons (Fsp3) is 0.222. The Morgan fingerprint density at radius 3 is 2.45 bits per heavy atom. The van der Waals surface area contributed by atoms with Gasteiger partial charge < -0.3 is 9.64 Å². The van der Waals surface area contributed by atoms with Crippen molar-refractivity contribution < 1.29 is 14.3 Å². The number of benzene rings is 2. The normalized spacial score (nSPS) is 16.3. The highest BCUT2D eigenvalue weighted by atomic mass is 16.5. The molecule has 4 heteroatoms. The summed E-state index contributed by atoms with van der Waals surface area (Å²) in [6, 6.07) is 14.8. The summed E-state index contributed by atoms with van der Waals surface area (Å²) in [4.78, 5) is 25.5. The van der Waals surface area contributed by atoms with E-state index >= 15 is 0 Å². The Kier molecular flexibility index (Phi) is 3.67. The maximum absolute atomic E-state index is 12.8. The zero-order valence-electron chi connectivity index (χ0n) is 12.6. The standard InChI is InChI=1S/C18H17NO3/c1-12-11-15-5-3-4-6-17(15)19(12)18(21)14-7-9-16(10-8-14)22-13(2)20/h3-10,12H,11H2,1-2H3/t12-/m1/s1. The smallest absolute Gasteiger partial charge is 0.308 e. The van der Waals surface area contributed by atoms with Crippen LogP contribution >= 0.6 is 0 Å². The van der Waals surface area contributed by atoms with Gasteiger partial charge in [0.2, 0.25) is 0 Å². The predicted molar refractivity (Wildman–Crippen MR) is 84.2 cm³/mol. The van der Waals surface area contributed by atoms with Crippen molar-refractivity contribution in [2.45, 2.75) is 26.3 Å². The van der Waals surface area contributed by atoms with Crippen LogP contribution in [-0.4, -0.2) is 17.9 Å². The van der Waals surface area contributed by atoms with E-state index in [0.717, 1.165) is 12.1 Å². The molecule has 1 amide bonds. The van der Waals surface area contributed by atoms with Crippen LogP contribution in [0.4, 0.5) is 5.69 Å². The molecule has 0 aromatic heterocycles. The van der Waals surface area contributed by atoms with Gasteiger partial charge in [0.1, 0.15) is 5.75 Å². The molecule has 112 valence electrons. The molecule has 1 atom stereocenters. The lowest BCUT2D eigenvalue weighted by atomic mass is 10.1. The molecule has 0 saturated heterocycles. The summed E-state index contributed by atoms with van der Waals surface area (Å²) in [5.74, 6) is 0.0342. The maximum atomic E-state index is 12.8. The molecule has 3 rings (SSSR count). The summed E-state index contributed by atoms with van der Waals surface area (Å²) < 4.78 is 4.99. The van der Waals surface area contributed by atoms with E-state index in [-0.39, 0.29) is 17.9 Å². The minimum atomic E-state index is -0.374. The molecule has 0 radical (unpaired) electrons. The molecule has 1 heterocycles. The summed E-state index contributed by atoms with van der Waals surface area (Å²) in [5.41, 5.74) is 2.75. The predicted octanol–water partition coefficient (Wildman–Crippen LogP) is 3.20. The Balaban J connectivity index is 1.86. The molecule has 2 aromatic rings. The molecule has 0 unspecified atom stereocenters. The zero-order chi connectivity index (χ0) is 15.7. The molecule has 1 aliphatic rings. The van der Waals surface area contributed by atoms with Gasteiger partial charge in [-0.05, 0) is 49.2 Å². The Morgan fingerprint density at radius 2 is 1.77 bits per heavy atom. The van der Waals surface area contributed by atoms with E-state index in [2.05, 4.69) is 6.07 Å². The number of carbonyl (C=O) groups is 2. The van der Waals surface area contributed by atoms with Crippen molar-refractivity contribution in [3.8, 4) is 5.75 Å². The first-order valence-corrected chi connectivity index (χ1v) is 7.26. The highest BCUT2D eigenvalue weighted by molar-refractivity contribution is 6.07. The first-order chi connectivity index (χ1) is 10.6. The summed E-state index contributed by atoms with van der Waals surface area (Å²) in [7, 11) is 0. The van der Waals surface area contributed by atoms with E-state index in [1.807, 2.05) is 30.0 Å². The third-order valence-corrected chi connectivity index (χ3v) is 3.79. The van der Waals surface area contributed by atoms with Crippen LogP contribution in [-0.2, 0) is 11.2 Å². The van der Waals surface area contributed by atoms with Gasteiger partial charge in [0.05, 0.1) is 0 Å². The largest absolute Gasteiger partial charge is 0.427 e. The van der Waals surface area contributed by atoms with Gasteiger partial charge in [-0.2, -0.15) is 0 Å². The van der Waals surface area contributed by atoms with Gasteiger partial charge in [0.25, 0.3) is 5.91 Å². The fourth-order valence-electron chi connectivity index (χ4n) is 2.85. The molecular formula is C18H17NO3. The molecule has 0 fully saturated rings. The van der Waals surface area contributed by atoms with Gasteiger partial charge in [0, 0.05) is 24.2 Å². The molecule has 0 aliphatic carbocycles. The quantitative estimate of drug-likeness (QED) is 0.631. The molecule has 0 spiro atoms. The number of fused-ring (bicyclic) bond motifs is 1. The highest BCUT2D eigenvalue weighted by Crippen LogP contribution is 2.33. The van der Waals surface area contributed by atoms with E-state index in [9.17, 15) is 9.59 Å². The van der Waals surface area contributed by atoms with Crippen molar-refractivity contribution in [1.29, 1.82) is 0 Å². The number of ether oxygens (including phenoxy) is 1. The Bertz CT molecular complexity index is 721. The fourth-order valence-corrected chi connectivity index (χ4v) is 2.85. The van der Waals surface area contributed by atoms with Crippen molar-refractivity contribution >= 4 is 17.6 Å². The van der Waals surface area contributed by atoms with E-state index in [4.69, 9.17) is 4.74 Å². The number of rotatable bonds is 2. The van der Waals surface area contributed by atoms with Gasteiger partial charge in [-0.1, -0.05) is 18.2 Å². The van der Waals surface area contributed by atoms with Crippen LogP contribution in [0.3, 0.4) is 0 Å². The third-order valence-electron chi connectivity index (χ3n) is 3.79. The molecule has 4 nitrogen and oxygen atoms in total. The summed E-state index contributed by atoms with van der Waals surface area (Å²) >= 11 is 0. The first kappa shape index (κ1) is 14.3. The van der Waals surface area contributed by atoms with E-state index in [1.54, 1.807) is 24.3 Å². The van der Waals surface area contributed by atoms with Crippen molar-refractivity contribution in [1.82, 2.24) is 0 Å². The minimum absolute atomic E-state index is 0.0353. The van der Waals surface area contributed by atoms with Gasteiger partial charge >= 0.3 is 5.97 Å². The number of anilines is 1. The SMILES string of the molecule is CC(=O)Oc1ccc(C(=O)N2c3ccccc3C[C@H]2C)cc1. The van der Waals surface area contributed by atoms with E-state index in [0.29, 0.717) is 11.3 Å². The molecule has 1 aliphatic heterocycles. The Morgan fingerprint density at radius 1 is 1.09 bits per heavy atom. The Labute approximate surface area is 129 Å². The summed E-state index contributed by atoms with van der Waals surface area (Å²) in [6.07, 6.45) is 0.868. The second-order valence-corrected chi connectivity index (χ2v) is 5.48. The minimum Gasteiger partial charge on any atom is -0.427 e. The van der Waals surface area contributed by atoms with Crippen LogP contribution in [0.1, 0.15) is 29.8 Å². The van der Waals surface area contributed by atoms with Crippen LogP contribution in [0.2, 0.25) is 0 Å². The van der Waals surface area contributed by atoms with Crippen molar-refractivity contribution in [3.05, 3.63) is 59.7 Å². The lowest BCUT2D eigenvalue weighted by molar-refractivity contribution is -0.131. The maximum Gasteiger partial charge on any atom is 0.308 e. The molecule has 22 heavy (non-hydrogen) atoms. The number of esters is 1. The number of carbonyl (C=O) groups excluding carboxylic acids is 2. The van der Waals surface area contributed by atoms with Crippen LogP contribution in [0.5, 0.6) is 5.75 Å². The zero-order valence-corrected chi connectivity index (χ0v) is 12.6. The Hall–Kier alpha value is -2.62. The lowest BCUT2D eigenvalue weighted by Gasteiger charge is -2.22. The van der Waals surface area contributed by atoms with Crippen molar-refractivity contribution in [3.63, 3.8) is 0 Å². The van der Waals surface area contributed by atoms with Gasteiger partial charge in [-0.3, -0.25) is 9.59 Å². The van der Waals surface area contributed by atoms with Crippen LogP contribution in [0.25, 0.3) is 0 Å².